The van der Waals surface area contributed by atoms with Crippen molar-refractivity contribution in [2.45, 2.75) is 38.3 Å². The van der Waals surface area contributed by atoms with Crippen molar-refractivity contribution in [3.05, 3.63) is 93.9 Å². The van der Waals surface area contributed by atoms with Crippen LogP contribution in [0.2, 0.25) is 10.0 Å². The van der Waals surface area contributed by atoms with Gasteiger partial charge in [-0.3, -0.25) is 49.1 Å². The maximum atomic E-state index is 13.0. The van der Waals surface area contributed by atoms with E-state index in [0.29, 0.717) is 53.3 Å². The summed E-state index contributed by atoms with van der Waals surface area (Å²) in [6, 6.07) is 13.2. The number of benzene rings is 2. The van der Waals surface area contributed by atoms with Gasteiger partial charge in [0.25, 0.3) is 11.8 Å². The third kappa shape index (κ3) is 9.63. The maximum absolute atomic E-state index is 13.0. The van der Waals surface area contributed by atoms with Crippen LogP contribution in [0.4, 0.5) is 11.5 Å². The van der Waals surface area contributed by atoms with E-state index in [4.69, 9.17) is 42.4 Å². The van der Waals surface area contributed by atoms with Crippen LogP contribution in [0.25, 0.3) is 22.2 Å². The molecule has 3 fully saturated rings. The summed E-state index contributed by atoms with van der Waals surface area (Å²) in [6.45, 7) is 6.22. The van der Waals surface area contributed by atoms with E-state index >= 15 is 0 Å². The van der Waals surface area contributed by atoms with Gasteiger partial charge in [-0.2, -0.15) is 5.10 Å². The number of amides is 6. The minimum Gasteiger partial charge on any atom is -0.486 e. The van der Waals surface area contributed by atoms with E-state index in [2.05, 4.69) is 36.0 Å². The Balaban J connectivity index is 0.625. The third-order valence-corrected chi connectivity index (χ3v) is 12.8. The Morgan fingerprint density at radius 1 is 0.896 bits per heavy atom. The van der Waals surface area contributed by atoms with Crippen LogP contribution in [0.5, 0.6) is 5.75 Å². The van der Waals surface area contributed by atoms with E-state index < -0.39 is 35.8 Å². The number of piperidine rings is 1. The molecule has 1 spiro atoms. The number of hydrogen-bond donors (Lipinski definition) is 4. The first kappa shape index (κ1) is 45.5. The highest BCUT2D eigenvalue weighted by atomic mass is 35.5. The van der Waals surface area contributed by atoms with Gasteiger partial charge in [0.15, 0.2) is 0 Å². The molecule has 2 atom stereocenters. The number of halogens is 2. The molecule has 0 saturated carbocycles. The second kappa shape index (κ2) is 19.3. The van der Waals surface area contributed by atoms with E-state index in [1.165, 1.54) is 12.1 Å². The zero-order valence-electron chi connectivity index (χ0n) is 36.3. The number of rotatable bonds is 18. The Morgan fingerprint density at radius 3 is 2.40 bits per heavy atom. The molecule has 348 valence electrons. The Labute approximate surface area is 393 Å². The van der Waals surface area contributed by atoms with E-state index in [1.807, 2.05) is 48.4 Å². The zero-order valence-corrected chi connectivity index (χ0v) is 37.8. The molecule has 5 aromatic rings. The number of nitrogens with one attached hydrogen (secondary N) is 4. The lowest BCUT2D eigenvalue weighted by Gasteiger charge is -2.60. The summed E-state index contributed by atoms with van der Waals surface area (Å²) in [5, 5.41) is 17.2. The van der Waals surface area contributed by atoms with Crippen molar-refractivity contribution >= 4 is 81.1 Å². The normalized spacial score (nSPS) is 17.8. The number of imide groups is 2. The smallest absolute Gasteiger partial charge is 0.262 e. The van der Waals surface area contributed by atoms with Crippen molar-refractivity contribution in [2.75, 3.05) is 75.9 Å². The molecule has 0 aliphatic carbocycles. The molecule has 3 aromatic heterocycles. The van der Waals surface area contributed by atoms with Crippen molar-refractivity contribution in [3.63, 3.8) is 0 Å². The number of H-pyrrole nitrogens is 1. The highest BCUT2D eigenvalue weighted by Crippen LogP contribution is 2.42. The number of aromatic nitrogens is 4. The zero-order chi connectivity index (χ0) is 46.8. The summed E-state index contributed by atoms with van der Waals surface area (Å²) in [5.41, 5.74) is 3.92. The predicted molar refractivity (Wildman–Crippen MR) is 245 cm³/mol. The molecule has 21 heteroatoms. The second-order valence-electron chi connectivity index (χ2n) is 17.0. The molecule has 1 unspecified atom stereocenters. The molecule has 3 saturated heterocycles. The number of anilines is 2. The number of aromatic amines is 1. The Bertz CT molecular complexity index is 2740. The minimum absolute atomic E-state index is 0.0313. The number of carbonyl (C=O) groups is 6. The van der Waals surface area contributed by atoms with Gasteiger partial charge < -0.3 is 34.6 Å². The van der Waals surface area contributed by atoms with E-state index in [0.717, 1.165) is 46.0 Å². The third-order valence-electron chi connectivity index (χ3n) is 12.2. The van der Waals surface area contributed by atoms with Crippen LogP contribution in [0.3, 0.4) is 0 Å². The summed E-state index contributed by atoms with van der Waals surface area (Å²) < 4.78 is 17.4. The van der Waals surface area contributed by atoms with E-state index in [-0.39, 0.29) is 73.9 Å². The first-order valence-corrected chi connectivity index (χ1v) is 22.6. The second-order valence-corrected chi connectivity index (χ2v) is 17.8. The summed E-state index contributed by atoms with van der Waals surface area (Å²) in [7, 11) is 0. The Kier molecular flexibility index (Phi) is 13.1. The molecule has 19 nitrogen and oxygen atoms in total. The molecule has 67 heavy (non-hydrogen) atoms. The van der Waals surface area contributed by atoms with Crippen LogP contribution >= 0.6 is 23.2 Å². The molecule has 9 rings (SSSR count). The first-order valence-electron chi connectivity index (χ1n) is 21.8. The van der Waals surface area contributed by atoms with Crippen LogP contribution < -0.4 is 25.6 Å². The first-order chi connectivity index (χ1) is 32.4. The van der Waals surface area contributed by atoms with E-state index in [1.54, 1.807) is 18.5 Å². The summed E-state index contributed by atoms with van der Waals surface area (Å²) in [5.74, 6) is -1.11. The molecule has 4 aliphatic heterocycles. The standard InChI is InChI=1S/C46H46Cl2N10O9/c1-26(41-33(47)19-49-20-34(41)48)67-29-4-6-35-32(17-29)42(55-54-35)27-2-8-37(52-18-27)56-22-46(23-56)24-57(25-46)40(61)10-12-65-14-15-66-13-11-50-39(60)21-51-28-3-5-30-31(16-28)45(64)58(44(30)63)36-7-9-38(59)53-43(36)62/h2-6,8,16-20,26,36,51H,7,9-15,21-25H2,1H3,(H,50,60)(H,54,55)(H,53,59,62)/t26-,36?/m1/s1. The molecule has 2 aromatic carbocycles. The lowest BCUT2D eigenvalue weighted by atomic mass is 9.72. The van der Waals surface area contributed by atoms with Crippen molar-refractivity contribution in [2.24, 2.45) is 5.41 Å². The SMILES string of the molecule is C[C@@H](Oc1ccc2[nH]nc(-c3ccc(N4CC5(CN(C(=O)CCOCCOCCNC(=O)CNc6ccc7c(c6)C(=O)N(C6CCC(=O)NC6=O)C7=O)C5)C4)nc3)c2c1)c1c(Cl)cncc1Cl. The number of likely N-dealkylation sites (tertiary alicyclic amines) is 1. The van der Waals surface area contributed by atoms with Gasteiger partial charge >= 0.3 is 0 Å². The van der Waals surface area contributed by atoms with Gasteiger partial charge in [0.1, 0.15) is 29.4 Å². The fraction of sp³-hybridized carbons (Fsp3) is 0.370. The van der Waals surface area contributed by atoms with Gasteiger partial charge in [-0.15, -0.1) is 0 Å². The van der Waals surface area contributed by atoms with Gasteiger partial charge in [0, 0.05) is 85.4 Å². The van der Waals surface area contributed by atoms with Gasteiger partial charge in [-0.05, 0) is 61.9 Å². The molecule has 0 bridgehead atoms. The fourth-order valence-corrected chi connectivity index (χ4v) is 9.54. The van der Waals surface area contributed by atoms with Gasteiger partial charge in [-0.1, -0.05) is 23.2 Å². The average molecular weight is 954 g/mol. The molecule has 6 amide bonds. The Morgan fingerprint density at radius 2 is 1.66 bits per heavy atom. The van der Waals surface area contributed by atoms with Crippen LogP contribution in [-0.4, -0.2) is 137 Å². The number of carbonyl (C=O) groups excluding carboxylic acids is 6. The average Bonchev–Trinajstić information content (AvgIpc) is 3.81. The highest BCUT2D eigenvalue weighted by Gasteiger charge is 2.53. The maximum Gasteiger partial charge on any atom is 0.262 e. The predicted octanol–water partition coefficient (Wildman–Crippen LogP) is 4.17. The summed E-state index contributed by atoms with van der Waals surface area (Å²) in [6.07, 6.45) is 4.87. The monoisotopic (exact) mass is 952 g/mol. The van der Waals surface area contributed by atoms with Crippen molar-refractivity contribution in [1.29, 1.82) is 0 Å². The molecular formula is C46H46Cl2N10O9. The quantitative estimate of drug-likeness (QED) is 0.0714. The van der Waals surface area contributed by atoms with Crippen molar-refractivity contribution < 1.29 is 43.0 Å². The van der Waals surface area contributed by atoms with Crippen LogP contribution in [0.15, 0.2) is 67.1 Å². The number of nitrogens with zero attached hydrogens (tertiary/aromatic N) is 6. The van der Waals surface area contributed by atoms with Gasteiger partial charge in [-0.25, -0.2) is 4.98 Å². The molecule has 0 radical (unpaired) electrons. The number of ether oxygens (including phenoxy) is 3. The number of pyridine rings is 2. The fourth-order valence-electron chi connectivity index (χ4n) is 8.87. The van der Waals surface area contributed by atoms with Gasteiger partial charge in [0.2, 0.25) is 23.6 Å². The Hall–Kier alpha value is -6.67. The highest BCUT2D eigenvalue weighted by molar-refractivity contribution is 6.35. The van der Waals surface area contributed by atoms with Crippen LogP contribution in [0.1, 0.15) is 58.6 Å². The lowest BCUT2D eigenvalue weighted by Crippen LogP contribution is -2.73. The topological polar surface area (TPSA) is 230 Å². The molecule has 4 N–H and O–H groups in total. The summed E-state index contributed by atoms with van der Waals surface area (Å²) >= 11 is 12.7. The number of hydrogen-bond acceptors (Lipinski definition) is 14. The molecule has 7 heterocycles. The molecular weight excluding hydrogens is 907 g/mol. The van der Waals surface area contributed by atoms with Crippen LogP contribution in [0, 0.1) is 5.41 Å². The minimum atomic E-state index is -1.06. The number of fused-ring (bicyclic) bond motifs is 2. The molecule has 4 aliphatic rings. The van der Waals surface area contributed by atoms with Gasteiger partial charge in [0.05, 0.1) is 66.1 Å². The van der Waals surface area contributed by atoms with E-state index in [9.17, 15) is 28.8 Å². The van der Waals surface area contributed by atoms with Crippen molar-refractivity contribution in [1.82, 2.24) is 40.6 Å². The lowest BCUT2D eigenvalue weighted by molar-refractivity contribution is -0.146. The summed E-state index contributed by atoms with van der Waals surface area (Å²) in [4.78, 5) is 88.7. The largest absolute Gasteiger partial charge is 0.486 e. The van der Waals surface area contributed by atoms with Crippen LogP contribution in [-0.2, 0) is 28.7 Å². The van der Waals surface area contributed by atoms with Crippen molar-refractivity contribution in [3.8, 4) is 17.0 Å².